The van der Waals surface area contributed by atoms with Gasteiger partial charge in [0.15, 0.2) is 0 Å². The van der Waals surface area contributed by atoms with Gasteiger partial charge in [-0.05, 0) is 37.5 Å². The normalized spacial score (nSPS) is 17.6. The molecule has 1 aliphatic rings. The summed E-state index contributed by atoms with van der Waals surface area (Å²) in [5.41, 5.74) is 2.03. The van der Waals surface area contributed by atoms with Crippen LogP contribution in [0, 0.1) is 5.92 Å². The molecule has 0 unspecified atom stereocenters. The molecule has 0 bridgehead atoms. The van der Waals surface area contributed by atoms with Gasteiger partial charge in [0.1, 0.15) is 5.75 Å². The van der Waals surface area contributed by atoms with Crippen LogP contribution in [0.4, 0.5) is 5.69 Å². The van der Waals surface area contributed by atoms with Gasteiger partial charge in [-0.2, -0.15) is 0 Å². The summed E-state index contributed by atoms with van der Waals surface area (Å²) in [6.07, 6.45) is 2.03. The monoisotopic (exact) mass is 366 g/mol. The number of ether oxygens (including phenoxy) is 1. The van der Waals surface area contributed by atoms with Crippen LogP contribution in [-0.4, -0.2) is 31.5 Å². The van der Waals surface area contributed by atoms with E-state index in [2.05, 4.69) is 17.4 Å². The SMILES string of the molecule is COc1cccc(N2C[C@H](C(=O)N[C@H](C)CCc3ccccc3)CC2=O)c1. The lowest BCUT2D eigenvalue weighted by atomic mass is 10.0. The van der Waals surface area contributed by atoms with E-state index >= 15 is 0 Å². The summed E-state index contributed by atoms with van der Waals surface area (Å²) in [5, 5.41) is 3.06. The molecular formula is C22H26N2O3. The van der Waals surface area contributed by atoms with Crippen molar-refractivity contribution in [1.82, 2.24) is 5.32 Å². The van der Waals surface area contributed by atoms with Crippen molar-refractivity contribution in [3.63, 3.8) is 0 Å². The van der Waals surface area contributed by atoms with Crippen LogP contribution in [0.1, 0.15) is 25.3 Å². The second-order valence-electron chi connectivity index (χ2n) is 7.04. The molecule has 142 valence electrons. The van der Waals surface area contributed by atoms with Crippen LogP contribution in [0.3, 0.4) is 0 Å². The Labute approximate surface area is 160 Å². The number of aryl methyl sites for hydroxylation is 1. The minimum absolute atomic E-state index is 0.0275. The summed E-state index contributed by atoms with van der Waals surface area (Å²) in [5.74, 6) is 0.306. The van der Waals surface area contributed by atoms with Crippen LogP contribution < -0.4 is 15.0 Å². The third-order valence-corrected chi connectivity index (χ3v) is 4.96. The third kappa shape index (κ3) is 4.88. The fourth-order valence-electron chi connectivity index (χ4n) is 3.37. The molecule has 1 fully saturated rings. The summed E-state index contributed by atoms with van der Waals surface area (Å²) in [7, 11) is 1.60. The maximum Gasteiger partial charge on any atom is 0.227 e. The average molecular weight is 366 g/mol. The molecule has 2 aromatic rings. The van der Waals surface area contributed by atoms with Crippen LogP contribution in [0.15, 0.2) is 54.6 Å². The standard InChI is InChI=1S/C22H26N2O3/c1-16(11-12-17-7-4-3-5-8-17)23-22(26)18-13-21(25)24(15-18)19-9-6-10-20(14-19)27-2/h3-10,14,16,18H,11-13,15H2,1-2H3,(H,23,26)/t16-,18-/m1/s1. The fourth-order valence-corrected chi connectivity index (χ4v) is 3.37. The quantitative estimate of drug-likeness (QED) is 0.819. The maximum atomic E-state index is 12.6. The van der Waals surface area contributed by atoms with Crippen molar-refractivity contribution < 1.29 is 14.3 Å². The van der Waals surface area contributed by atoms with E-state index in [9.17, 15) is 9.59 Å². The largest absolute Gasteiger partial charge is 0.497 e. The van der Waals surface area contributed by atoms with Crippen molar-refractivity contribution in [3.8, 4) is 5.75 Å². The molecule has 2 amide bonds. The molecular weight excluding hydrogens is 340 g/mol. The van der Waals surface area contributed by atoms with Crippen molar-refractivity contribution in [3.05, 3.63) is 60.2 Å². The first-order chi connectivity index (χ1) is 13.1. The molecule has 0 saturated carbocycles. The Morgan fingerprint density at radius 1 is 1.22 bits per heavy atom. The topological polar surface area (TPSA) is 58.6 Å². The predicted octanol–water partition coefficient (Wildman–Crippen LogP) is 3.19. The number of nitrogens with one attached hydrogen (secondary N) is 1. The molecule has 2 aromatic carbocycles. The summed E-state index contributed by atoms with van der Waals surface area (Å²) >= 11 is 0. The lowest BCUT2D eigenvalue weighted by Gasteiger charge is -2.19. The number of amides is 2. The Morgan fingerprint density at radius 2 is 2.00 bits per heavy atom. The van der Waals surface area contributed by atoms with Crippen LogP contribution in [-0.2, 0) is 16.0 Å². The first kappa shape index (κ1) is 19.0. The maximum absolute atomic E-state index is 12.6. The lowest BCUT2D eigenvalue weighted by Crippen LogP contribution is -2.38. The molecule has 0 aromatic heterocycles. The number of carbonyl (C=O) groups is 2. The molecule has 1 saturated heterocycles. The number of benzene rings is 2. The number of rotatable bonds is 7. The lowest BCUT2D eigenvalue weighted by molar-refractivity contribution is -0.126. The zero-order valence-corrected chi connectivity index (χ0v) is 15.9. The number of anilines is 1. The first-order valence-corrected chi connectivity index (χ1v) is 9.35. The zero-order valence-electron chi connectivity index (χ0n) is 15.9. The molecule has 0 aliphatic carbocycles. The number of methoxy groups -OCH3 is 1. The number of carbonyl (C=O) groups excluding carboxylic acids is 2. The molecule has 3 rings (SSSR count). The highest BCUT2D eigenvalue weighted by atomic mass is 16.5. The molecule has 27 heavy (non-hydrogen) atoms. The van der Waals surface area contributed by atoms with Crippen LogP contribution >= 0.6 is 0 Å². The molecule has 5 nitrogen and oxygen atoms in total. The van der Waals surface area contributed by atoms with E-state index in [1.165, 1.54) is 5.56 Å². The third-order valence-electron chi connectivity index (χ3n) is 4.96. The second kappa shape index (κ2) is 8.71. The highest BCUT2D eigenvalue weighted by Crippen LogP contribution is 2.28. The van der Waals surface area contributed by atoms with Gasteiger partial charge in [0.05, 0.1) is 13.0 Å². The van der Waals surface area contributed by atoms with Crippen molar-refractivity contribution >= 4 is 17.5 Å². The van der Waals surface area contributed by atoms with E-state index in [-0.39, 0.29) is 30.2 Å². The smallest absolute Gasteiger partial charge is 0.227 e. The average Bonchev–Trinajstić information content (AvgIpc) is 3.09. The van der Waals surface area contributed by atoms with Gasteiger partial charge in [-0.15, -0.1) is 0 Å². The van der Waals surface area contributed by atoms with Gasteiger partial charge in [-0.3, -0.25) is 9.59 Å². The Hall–Kier alpha value is -2.82. The van der Waals surface area contributed by atoms with Crippen molar-refractivity contribution in [2.75, 3.05) is 18.6 Å². The van der Waals surface area contributed by atoms with Crippen molar-refractivity contribution in [2.24, 2.45) is 5.92 Å². The second-order valence-corrected chi connectivity index (χ2v) is 7.04. The van der Waals surface area contributed by atoms with E-state index in [0.717, 1.165) is 18.5 Å². The first-order valence-electron chi connectivity index (χ1n) is 9.35. The van der Waals surface area contributed by atoms with Crippen LogP contribution in [0.25, 0.3) is 0 Å². The van der Waals surface area contributed by atoms with Gasteiger partial charge in [0, 0.05) is 30.8 Å². The predicted molar refractivity (Wildman–Crippen MR) is 106 cm³/mol. The Balaban J connectivity index is 1.53. The highest BCUT2D eigenvalue weighted by Gasteiger charge is 2.35. The molecule has 1 N–H and O–H groups in total. The Morgan fingerprint density at radius 3 is 2.74 bits per heavy atom. The van der Waals surface area contributed by atoms with Crippen LogP contribution in [0.5, 0.6) is 5.75 Å². The number of hydrogen-bond acceptors (Lipinski definition) is 3. The minimum atomic E-state index is -0.317. The summed E-state index contributed by atoms with van der Waals surface area (Å²) in [6.45, 7) is 2.42. The van der Waals surface area contributed by atoms with Gasteiger partial charge in [0.2, 0.25) is 11.8 Å². The van der Waals surface area contributed by atoms with E-state index in [4.69, 9.17) is 4.74 Å². The van der Waals surface area contributed by atoms with Gasteiger partial charge < -0.3 is 15.0 Å². The van der Waals surface area contributed by atoms with Crippen LogP contribution in [0.2, 0.25) is 0 Å². The van der Waals surface area contributed by atoms with Gasteiger partial charge in [-0.1, -0.05) is 36.4 Å². The molecule has 0 radical (unpaired) electrons. The molecule has 2 atom stereocenters. The van der Waals surface area contributed by atoms with E-state index < -0.39 is 0 Å². The highest BCUT2D eigenvalue weighted by molar-refractivity contribution is 6.00. The van der Waals surface area contributed by atoms with Gasteiger partial charge >= 0.3 is 0 Å². The summed E-state index contributed by atoms with van der Waals surface area (Å²) in [6, 6.07) is 17.7. The molecule has 1 heterocycles. The fraction of sp³-hybridized carbons (Fsp3) is 0.364. The van der Waals surface area contributed by atoms with Crippen molar-refractivity contribution in [2.45, 2.75) is 32.2 Å². The van der Waals surface area contributed by atoms with Gasteiger partial charge in [0.25, 0.3) is 0 Å². The van der Waals surface area contributed by atoms with Crippen molar-refractivity contribution in [1.29, 1.82) is 0 Å². The molecule has 0 spiro atoms. The zero-order chi connectivity index (χ0) is 19.2. The van der Waals surface area contributed by atoms with Gasteiger partial charge in [-0.25, -0.2) is 0 Å². The molecule has 5 heteroatoms. The van der Waals surface area contributed by atoms with E-state index in [1.54, 1.807) is 12.0 Å². The minimum Gasteiger partial charge on any atom is -0.497 e. The Kier molecular flexibility index (Phi) is 6.12. The Bertz CT molecular complexity index is 791. The molecule has 1 aliphatic heterocycles. The number of nitrogens with zero attached hydrogens (tertiary/aromatic N) is 1. The summed E-state index contributed by atoms with van der Waals surface area (Å²) < 4.78 is 5.22. The number of hydrogen-bond donors (Lipinski definition) is 1. The van der Waals surface area contributed by atoms with E-state index in [1.807, 2.05) is 49.4 Å². The van der Waals surface area contributed by atoms with E-state index in [0.29, 0.717) is 12.3 Å². The summed E-state index contributed by atoms with van der Waals surface area (Å²) in [4.78, 5) is 26.7.